The second-order valence-corrected chi connectivity index (χ2v) is 4.45. The second kappa shape index (κ2) is 5.58. The van der Waals surface area contributed by atoms with Crippen LogP contribution in [0, 0.1) is 0 Å². The fraction of sp³-hybridized carbons (Fsp3) is 0.222. The van der Waals surface area contributed by atoms with Gasteiger partial charge in [-0.2, -0.15) is 8.78 Å². The van der Waals surface area contributed by atoms with E-state index in [9.17, 15) is 13.6 Å². The topological polar surface area (TPSA) is 46.5 Å². The molecule has 0 fully saturated rings. The number of carboxylic acid groups (broad SMARTS) is 1. The molecule has 0 aliphatic rings. The fourth-order valence-electron chi connectivity index (χ4n) is 1.07. The van der Waals surface area contributed by atoms with Crippen molar-refractivity contribution in [2.75, 3.05) is 0 Å². The Hall–Kier alpha value is -0.690. The molecule has 7 heteroatoms. The highest BCUT2D eigenvalue weighted by Crippen LogP contribution is 2.37. The van der Waals surface area contributed by atoms with Gasteiger partial charge in [0.05, 0.1) is 15.4 Å². The van der Waals surface area contributed by atoms with Crippen molar-refractivity contribution in [3.8, 4) is 5.75 Å². The summed E-state index contributed by atoms with van der Waals surface area (Å²) in [6.07, 6.45) is -0.270. The maximum absolute atomic E-state index is 12.1. The normalized spacial score (nSPS) is 10.6. The van der Waals surface area contributed by atoms with E-state index < -0.39 is 12.6 Å². The third kappa shape index (κ3) is 3.41. The molecule has 0 saturated carbocycles. The molecule has 0 radical (unpaired) electrons. The number of benzene rings is 1. The first kappa shape index (κ1) is 13.4. The van der Waals surface area contributed by atoms with Gasteiger partial charge in [0.15, 0.2) is 5.75 Å². The van der Waals surface area contributed by atoms with Crippen LogP contribution in [0.15, 0.2) is 21.1 Å². The van der Waals surface area contributed by atoms with E-state index in [0.29, 0.717) is 10.0 Å². The molecule has 0 aliphatic carbocycles. The van der Waals surface area contributed by atoms with Crippen molar-refractivity contribution in [2.45, 2.75) is 13.0 Å². The van der Waals surface area contributed by atoms with Gasteiger partial charge >= 0.3 is 12.6 Å². The van der Waals surface area contributed by atoms with Crippen LogP contribution in [0.3, 0.4) is 0 Å². The van der Waals surface area contributed by atoms with E-state index in [1.807, 2.05) is 0 Å². The Balaban J connectivity index is 3.10. The minimum Gasteiger partial charge on any atom is -0.481 e. The molecule has 0 heterocycles. The van der Waals surface area contributed by atoms with Crippen molar-refractivity contribution >= 4 is 37.8 Å². The number of alkyl halides is 2. The summed E-state index contributed by atoms with van der Waals surface area (Å²) in [7, 11) is 0. The minimum absolute atomic E-state index is 0.103. The summed E-state index contributed by atoms with van der Waals surface area (Å²) in [5.41, 5.74) is 0.367. The summed E-state index contributed by atoms with van der Waals surface area (Å²) in [5.74, 6) is -1.15. The number of hydrogen-bond acceptors (Lipinski definition) is 2. The lowest BCUT2D eigenvalue weighted by atomic mass is 10.1. The first-order valence-electron chi connectivity index (χ1n) is 4.05. The van der Waals surface area contributed by atoms with E-state index in [0.717, 1.165) is 0 Å². The first-order chi connectivity index (χ1) is 7.41. The second-order valence-electron chi connectivity index (χ2n) is 2.80. The van der Waals surface area contributed by atoms with Crippen LogP contribution >= 0.6 is 31.9 Å². The van der Waals surface area contributed by atoms with E-state index in [-0.39, 0.29) is 16.6 Å². The molecular weight excluding hydrogens is 354 g/mol. The first-order valence-corrected chi connectivity index (χ1v) is 5.64. The third-order valence-electron chi connectivity index (χ3n) is 1.68. The Kier molecular flexibility index (Phi) is 4.67. The Labute approximate surface area is 107 Å². The van der Waals surface area contributed by atoms with Crippen LogP contribution in [0.25, 0.3) is 0 Å². The summed E-state index contributed by atoms with van der Waals surface area (Å²) in [4.78, 5) is 10.5. The molecule has 0 atom stereocenters. The van der Waals surface area contributed by atoms with Crippen LogP contribution < -0.4 is 4.74 Å². The van der Waals surface area contributed by atoms with E-state index in [2.05, 4.69) is 36.6 Å². The molecule has 0 saturated heterocycles. The summed E-state index contributed by atoms with van der Waals surface area (Å²) >= 11 is 6.08. The van der Waals surface area contributed by atoms with Gasteiger partial charge in [-0.25, -0.2) is 0 Å². The van der Waals surface area contributed by atoms with Gasteiger partial charge in [0.25, 0.3) is 0 Å². The highest BCUT2D eigenvalue weighted by atomic mass is 79.9. The number of halogens is 4. The largest absolute Gasteiger partial charge is 0.481 e. The molecular formula is C9H6Br2F2O3. The zero-order valence-electron chi connectivity index (χ0n) is 7.71. The van der Waals surface area contributed by atoms with Gasteiger partial charge in [-0.05, 0) is 43.5 Å². The van der Waals surface area contributed by atoms with Crippen LogP contribution in [0.4, 0.5) is 8.78 Å². The number of ether oxygens (including phenoxy) is 1. The standard InChI is InChI=1S/C9H6Br2F2O3/c10-5-2-1-4(3-6(14)15)7(11)8(5)16-9(12)13/h1-2,9H,3H2,(H,14,15). The molecule has 1 rings (SSSR count). The molecule has 3 nitrogen and oxygen atoms in total. The Bertz CT molecular complexity index is 410. The monoisotopic (exact) mass is 358 g/mol. The van der Waals surface area contributed by atoms with Crippen LogP contribution in [-0.2, 0) is 11.2 Å². The molecule has 0 spiro atoms. The predicted octanol–water partition coefficient (Wildman–Crippen LogP) is 3.44. The minimum atomic E-state index is -2.97. The van der Waals surface area contributed by atoms with Crippen LogP contribution in [0.2, 0.25) is 0 Å². The number of rotatable bonds is 4. The van der Waals surface area contributed by atoms with Gasteiger partial charge in [0.1, 0.15) is 0 Å². The molecule has 1 aromatic rings. The Morgan fingerprint density at radius 1 is 1.44 bits per heavy atom. The molecule has 0 bridgehead atoms. The average Bonchev–Trinajstić information content (AvgIpc) is 2.16. The maximum atomic E-state index is 12.1. The third-order valence-corrected chi connectivity index (χ3v) is 3.17. The predicted molar refractivity (Wildman–Crippen MR) is 59.8 cm³/mol. The lowest BCUT2D eigenvalue weighted by Crippen LogP contribution is -2.06. The smallest absolute Gasteiger partial charge is 0.387 e. The van der Waals surface area contributed by atoms with Gasteiger partial charge in [-0.1, -0.05) is 6.07 Å². The van der Waals surface area contributed by atoms with Crippen molar-refractivity contribution in [3.05, 3.63) is 26.6 Å². The van der Waals surface area contributed by atoms with Gasteiger partial charge in [0.2, 0.25) is 0 Å². The van der Waals surface area contributed by atoms with E-state index >= 15 is 0 Å². The van der Waals surface area contributed by atoms with Crippen LogP contribution in [-0.4, -0.2) is 17.7 Å². The molecule has 0 amide bonds. The fourth-order valence-corrected chi connectivity index (χ4v) is 2.34. The van der Waals surface area contributed by atoms with Gasteiger partial charge in [0, 0.05) is 0 Å². The van der Waals surface area contributed by atoms with E-state index in [1.165, 1.54) is 12.1 Å². The maximum Gasteiger partial charge on any atom is 0.387 e. The SMILES string of the molecule is O=C(O)Cc1ccc(Br)c(OC(F)F)c1Br. The van der Waals surface area contributed by atoms with Gasteiger partial charge < -0.3 is 9.84 Å². The molecule has 0 unspecified atom stereocenters. The van der Waals surface area contributed by atoms with Crippen molar-refractivity contribution < 1.29 is 23.4 Å². The van der Waals surface area contributed by atoms with Crippen LogP contribution in [0.5, 0.6) is 5.75 Å². The Morgan fingerprint density at radius 3 is 2.56 bits per heavy atom. The number of hydrogen-bond donors (Lipinski definition) is 1. The van der Waals surface area contributed by atoms with Crippen molar-refractivity contribution in [1.82, 2.24) is 0 Å². The molecule has 1 N–H and O–H groups in total. The zero-order valence-corrected chi connectivity index (χ0v) is 10.9. The van der Waals surface area contributed by atoms with Gasteiger partial charge in [-0.3, -0.25) is 4.79 Å². The highest BCUT2D eigenvalue weighted by Gasteiger charge is 2.16. The molecule has 1 aromatic carbocycles. The highest BCUT2D eigenvalue weighted by molar-refractivity contribution is 9.11. The molecule has 16 heavy (non-hydrogen) atoms. The molecule has 88 valence electrons. The van der Waals surface area contributed by atoms with E-state index in [1.54, 1.807) is 0 Å². The summed E-state index contributed by atoms with van der Waals surface area (Å²) < 4.78 is 29.0. The van der Waals surface area contributed by atoms with E-state index in [4.69, 9.17) is 5.11 Å². The number of aliphatic carboxylic acids is 1. The number of carboxylic acids is 1. The van der Waals surface area contributed by atoms with Crippen molar-refractivity contribution in [3.63, 3.8) is 0 Å². The molecule has 0 aromatic heterocycles. The van der Waals surface area contributed by atoms with Gasteiger partial charge in [-0.15, -0.1) is 0 Å². The average molecular weight is 360 g/mol. The zero-order chi connectivity index (χ0) is 12.3. The van der Waals surface area contributed by atoms with Crippen molar-refractivity contribution in [2.24, 2.45) is 0 Å². The quantitative estimate of drug-likeness (QED) is 0.895. The lowest BCUT2D eigenvalue weighted by Gasteiger charge is -2.11. The molecule has 0 aliphatic heterocycles. The van der Waals surface area contributed by atoms with Crippen LogP contribution in [0.1, 0.15) is 5.56 Å². The summed E-state index contributed by atoms with van der Waals surface area (Å²) in [6.45, 7) is -2.97. The lowest BCUT2D eigenvalue weighted by molar-refractivity contribution is -0.136. The van der Waals surface area contributed by atoms with Crippen molar-refractivity contribution in [1.29, 1.82) is 0 Å². The summed E-state index contributed by atoms with van der Waals surface area (Å²) in [6, 6.07) is 2.97. The Morgan fingerprint density at radius 2 is 2.06 bits per heavy atom. The number of carbonyl (C=O) groups is 1. The summed E-state index contributed by atoms with van der Waals surface area (Å²) in [5, 5.41) is 8.61.